The number of fused-ring (bicyclic) bond motifs is 1. The third-order valence-electron chi connectivity index (χ3n) is 5.53. The van der Waals surface area contributed by atoms with Gasteiger partial charge in [0.2, 0.25) is 0 Å². The quantitative estimate of drug-likeness (QED) is 0.468. The van der Waals surface area contributed by atoms with Crippen molar-refractivity contribution in [2.75, 3.05) is 13.7 Å². The fraction of sp³-hybridized carbons (Fsp3) is 0.400. The smallest absolute Gasteiger partial charge is 0.307 e. The zero-order chi connectivity index (χ0) is 22.2. The van der Waals surface area contributed by atoms with E-state index in [9.17, 15) is 14.4 Å². The summed E-state index contributed by atoms with van der Waals surface area (Å²) in [5.74, 6) is -0.203. The van der Waals surface area contributed by atoms with Crippen LogP contribution in [0.5, 0.6) is 5.75 Å². The molecule has 1 amide bonds. The van der Waals surface area contributed by atoms with Crippen LogP contribution in [0.2, 0.25) is 0 Å². The van der Waals surface area contributed by atoms with Crippen LogP contribution in [0.15, 0.2) is 42.5 Å². The van der Waals surface area contributed by atoms with Crippen LogP contribution < -0.4 is 10.1 Å². The first-order chi connectivity index (χ1) is 15.0. The summed E-state index contributed by atoms with van der Waals surface area (Å²) in [6.45, 7) is 1.97. The number of ketones is 1. The summed E-state index contributed by atoms with van der Waals surface area (Å²) in [6.07, 6.45) is 2.98. The summed E-state index contributed by atoms with van der Waals surface area (Å²) in [7, 11) is 1.61. The Hall–Kier alpha value is -3.15. The molecule has 0 radical (unpaired) electrons. The van der Waals surface area contributed by atoms with Crippen LogP contribution in [0.1, 0.15) is 53.2 Å². The molecule has 0 bridgehead atoms. The minimum absolute atomic E-state index is 0.0423. The van der Waals surface area contributed by atoms with Crippen molar-refractivity contribution < 1.29 is 23.9 Å². The van der Waals surface area contributed by atoms with Crippen LogP contribution in [0.25, 0.3) is 0 Å². The molecule has 31 heavy (non-hydrogen) atoms. The number of rotatable bonds is 10. The minimum Gasteiger partial charge on any atom is -0.497 e. The first-order valence-corrected chi connectivity index (χ1v) is 10.7. The van der Waals surface area contributed by atoms with Gasteiger partial charge in [-0.05, 0) is 67.5 Å². The van der Waals surface area contributed by atoms with Gasteiger partial charge in [0.15, 0.2) is 11.9 Å². The highest BCUT2D eigenvalue weighted by atomic mass is 16.5. The molecule has 0 fully saturated rings. The Bertz CT molecular complexity index is 935. The lowest BCUT2D eigenvalue weighted by atomic mass is 10.0. The number of nitrogens with one attached hydrogen (secondary N) is 1. The highest BCUT2D eigenvalue weighted by molar-refractivity contribution is 5.98. The van der Waals surface area contributed by atoms with Crippen molar-refractivity contribution in [3.8, 4) is 5.75 Å². The first kappa shape index (κ1) is 22.5. The number of esters is 1. The van der Waals surface area contributed by atoms with Gasteiger partial charge in [0, 0.05) is 18.5 Å². The van der Waals surface area contributed by atoms with Gasteiger partial charge in [-0.15, -0.1) is 0 Å². The van der Waals surface area contributed by atoms with Crippen LogP contribution in [-0.4, -0.2) is 37.4 Å². The topological polar surface area (TPSA) is 81.7 Å². The van der Waals surface area contributed by atoms with Crippen molar-refractivity contribution in [3.05, 3.63) is 64.7 Å². The number of Topliss-reactive ketones (excluding diaryl/α,β-unsaturated/α-hetero) is 1. The molecule has 2 aromatic rings. The van der Waals surface area contributed by atoms with E-state index in [0.29, 0.717) is 18.5 Å². The van der Waals surface area contributed by atoms with Gasteiger partial charge in [-0.2, -0.15) is 0 Å². The summed E-state index contributed by atoms with van der Waals surface area (Å²) in [5, 5.41) is 2.77. The Morgan fingerprint density at radius 2 is 1.74 bits per heavy atom. The predicted molar refractivity (Wildman–Crippen MR) is 117 cm³/mol. The highest BCUT2D eigenvalue weighted by Crippen LogP contribution is 2.23. The molecule has 0 aliphatic heterocycles. The second-order valence-corrected chi connectivity index (χ2v) is 7.78. The minimum atomic E-state index is -0.904. The molecule has 3 rings (SSSR count). The second-order valence-electron chi connectivity index (χ2n) is 7.78. The molecule has 1 aliphatic rings. The van der Waals surface area contributed by atoms with Crippen molar-refractivity contribution >= 4 is 17.7 Å². The number of carbonyl (C=O) groups excluding carboxylic acids is 3. The molecule has 0 spiro atoms. The summed E-state index contributed by atoms with van der Waals surface area (Å²) in [4.78, 5) is 36.6. The molecule has 0 unspecified atom stereocenters. The van der Waals surface area contributed by atoms with Crippen molar-refractivity contribution in [3.63, 3.8) is 0 Å². The molecule has 1 N–H and O–H groups in total. The van der Waals surface area contributed by atoms with Gasteiger partial charge in [-0.3, -0.25) is 14.4 Å². The maximum atomic E-state index is 12.4. The molecule has 164 valence electrons. The molecular weight excluding hydrogens is 394 g/mol. The number of aryl methyl sites for hydroxylation is 2. The lowest BCUT2D eigenvalue weighted by Crippen LogP contribution is -2.36. The van der Waals surface area contributed by atoms with Gasteiger partial charge >= 0.3 is 5.97 Å². The van der Waals surface area contributed by atoms with E-state index in [1.54, 1.807) is 7.11 Å². The average molecular weight is 424 g/mol. The monoisotopic (exact) mass is 423 g/mol. The summed E-state index contributed by atoms with van der Waals surface area (Å²) in [5.41, 5.74) is 4.24. The zero-order valence-corrected chi connectivity index (χ0v) is 18.1. The Morgan fingerprint density at radius 1 is 1.00 bits per heavy atom. The number of ether oxygens (including phenoxy) is 2. The molecule has 1 aliphatic carbocycles. The normalized spacial score (nSPS) is 13.2. The fourth-order valence-corrected chi connectivity index (χ4v) is 3.68. The predicted octanol–water partition coefficient (Wildman–Crippen LogP) is 3.44. The van der Waals surface area contributed by atoms with E-state index in [-0.39, 0.29) is 24.5 Å². The number of methoxy groups -OCH3 is 1. The van der Waals surface area contributed by atoms with Gasteiger partial charge in [0.25, 0.3) is 5.91 Å². The van der Waals surface area contributed by atoms with Crippen LogP contribution in [-0.2, 0) is 33.6 Å². The van der Waals surface area contributed by atoms with Crippen LogP contribution in [0.3, 0.4) is 0 Å². The maximum absolute atomic E-state index is 12.4. The van der Waals surface area contributed by atoms with E-state index in [0.717, 1.165) is 30.6 Å². The average Bonchev–Trinajstić information content (AvgIpc) is 3.25. The van der Waals surface area contributed by atoms with Crippen molar-refractivity contribution in [1.82, 2.24) is 5.32 Å². The largest absolute Gasteiger partial charge is 0.497 e. The molecule has 0 aromatic heterocycles. The van der Waals surface area contributed by atoms with Crippen LogP contribution >= 0.6 is 0 Å². The lowest BCUT2D eigenvalue weighted by Gasteiger charge is -2.13. The number of hydrogen-bond acceptors (Lipinski definition) is 5. The van der Waals surface area contributed by atoms with Gasteiger partial charge in [-0.25, -0.2) is 0 Å². The number of hydrogen-bond donors (Lipinski definition) is 1. The Balaban J connectivity index is 1.37. The standard InChI is InChI=1S/C25H29NO5/c1-17(25(29)26-15-14-18-6-10-22(30-2)11-7-18)31-24(28)13-12-23(27)21-9-8-19-4-3-5-20(19)16-21/h6-11,16-17H,3-5,12-15H2,1-2H3,(H,26,29)/t17-/m1/s1. The molecule has 0 saturated carbocycles. The number of benzene rings is 2. The van der Waals surface area contributed by atoms with E-state index in [1.807, 2.05) is 42.5 Å². The molecular formula is C25H29NO5. The Kier molecular flexibility index (Phi) is 7.82. The van der Waals surface area contributed by atoms with Crippen LogP contribution in [0, 0.1) is 0 Å². The lowest BCUT2D eigenvalue weighted by molar-refractivity contribution is -0.154. The molecule has 2 aromatic carbocycles. The van der Waals surface area contributed by atoms with Gasteiger partial charge in [-0.1, -0.05) is 24.3 Å². The Morgan fingerprint density at radius 3 is 2.48 bits per heavy atom. The fourth-order valence-electron chi connectivity index (χ4n) is 3.68. The number of amides is 1. The summed E-state index contributed by atoms with van der Waals surface area (Å²) >= 11 is 0. The summed E-state index contributed by atoms with van der Waals surface area (Å²) in [6, 6.07) is 13.4. The summed E-state index contributed by atoms with van der Waals surface area (Å²) < 4.78 is 10.3. The van der Waals surface area contributed by atoms with E-state index >= 15 is 0 Å². The molecule has 6 heteroatoms. The maximum Gasteiger partial charge on any atom is 0.307 e. The molecule has 0 saturated heterocycles. The molecule has 6 nitrogen and oxygen atoms in total. The van der Waals surface area contributed by atoms with Gasteiger partial charge in [0.05, 0.1) is 13.5 Å². The van der Waals surface area contributed by atoms with Crippen molar-refractivity contribution in [2.24, 2.45) is 0 Å². The van der Waals surface area contributed by atoms with Gasteiger partial charge < -0.3 is 14.8 Å². The van der Waals surface area contributed by atoms with E-state index < -0.39 is 12.1 Å². The Labute approximate surface area is 182 Å². The molecule has 1 atom stereocenters. The third-order valence-corrected chi connectivity index (χ3v) is 5.53. The SMILES string of the molecule is COc1ccc(CCNC(=O)[C@@H](C)OC(=O)CCC(=O)c2ccc3c(c2)CCC3)cc1. The van der Waals surface area contributed by atoms with Crippen molar-refractivity contribution in [2.45, 2.75) is 51.6 Å². The molecule has 0 heterocycles. The third kappa shape index (κ3) is 6.41. The van der Waals surface area contributed by atoms with Crippen LogP contribution in [0.4, 0.5) is 0 Å². The number of carbonyl (C=O) groups is 3. The van der Waals surface area contributed by atoms with E-state index in [2.05, 4.69) is 5.32 Å². The first-order valence-electron chi connectivity index (χ1n) is 10.7. The highest BCUT2D eigenvalue weighted by Gasteiger charge is 2.19. The second kappa shape index (κ2) is 10.8. The van der Waals surface area contributed by atoms with E-state index in [4.69, 9.17) is 9.47 Å². The van der Waals surface area contributed by atoms with Crippen molar-refractivity contribution in [1.29, 1.82) is 0 Å². The zero-order valence-electron chi connectivity index (χ0n) is 18.1. The van der Waals surface area contributed by atoms with Gasteiger partial charge in [0.1, 0.15) is 5.75 Å². The van der Waals surface area contributed by atoms with E-state index in [1.165, 1.54) is 18.1 Å².